The molecule has 0 unspecified atom stereocenters. The number of sulfonamides is 2. The van der Waals surface area contributed by atoms with E-state index in [-0.39, 0.29) is 16.3 Å². The van der Waals surface area contributed by atoms with Crippen molar-refractivity contribution in [2.45, 2.75) is 16.2 Å². The summed E-state index contributed by atoms with van der Waals surface area (Å²) < 4.78 is 53.2. The zero-order valence-electron chi connectivity index (χ0n) is 13.1. The minimum Gasteiger partial charge on any atom is -0.313 e. The number of benzene rings is 1. The number of hydrogen-bond acceptors (Lipinski definition) is 5. The molecule has 0 bridgehead atoms. The van der Waals surface area contributed by atoms with Crippen LogP contribution in [-0.2, 0) is 20.0 Å². The van der Waals surface area contributed by atoms with E-state index in [1.807, 2.05) is 6.08 Å². The Hall–Kier alpha value is -1.26. The summed E-state index contributed by atoms with van der Waals surface area (Å²) in [7, 11) is -5.03. The van der Waals surface area contributed by atoms with E-state index in [9.17, 15) is 16.8 Å². The van der Waals surface area contributed by atoms with Crippen LogP contribution >= 0.6 is 0 Å². The fourth-order valence-corrected chi connectivity index (χ4v) is 4.91. The number of rotatable bonds is 6. The number of nitrogens with one attached hydrogen (secondary N) is 2. The van der Waals surface area contributed by atoms with Gasteiger partial charge in [0.2, 0.25) is 20.0 Å². The Labute approximate surface area is 137 Å². The first kappa shape index (κ1) is 18.1. The first-order valence-electron chi connectivity index (χ1n) is 7.15. The standard InChI is InChI=1S/C14H21N3O4S2/c1-17(2)23(20,21)14-6-4-3-5-13(14)22(18,19)16-11-12-7-9-15-10-8-12/h3-7,15-16H,8-11H2,1-2H3. The largest absolute Gasteiger partial charge is 0.313 e. The third-order valence-corrected chi connectivity index (χ3v) is 7.01. The van der Waals surface area contributed by atoms with Crippen molar-refractivity contribution in [2.24, 2.45) is 0 Å². The Bertz CT molecular complexity index is 799. The summed E-state index contributed by atoms with van der Waals surface area (Å²) in [5.74, 6) is 0. The van der Waals surface area contributed by atoms with Crippen molar-refractivity contribution in [2.75, 3.05) is 33.7 Å². The highest BCUT2D eigenvalue weighted by atomic mass is 32.2. The second-order valence-electron chi connectivity index (χ2n) is 5.38. The minimum absolute atomic E-state index is 0.181. The van der Waals surface area contributed by atoms with Crippen molar-refractivity contribution in [3.63, 3.8) is 0 Å². The van der Waals surface area contributed by atoms with Crippen LogP contribution in [-0.4, -0.2) is 54.9 Å². The van der Waals surface area contributed by atoms with Gasteiger partial charge in [0.1, 0.15) is 9.79 Å². The van der Waals surface area contributed by atoms with E-state index < -0.39 is 20.0 Å². The van der Waals surface area contributed by atoms with E-state index >= 15 is 0 Å². The molecule has 1 aromatic rings. The van der Waals surface area contributed by atoms with Crippen molar-refractivity contribution in [3.8, 4) is 0 Å². The predicted molar refractivity (Wildman–Crippen MR) is 88.1 cm³/mol. The van der Waals surface area contributed by atoms with Gasteiger partial charge in [-0.15, -0.1) is 0 Å². The molecular formula is C14H21N3O4S2. The number of nitrogens with zero attached hydrogens (tertiary/aromatic N) is 1. The highest BCUT2D eigenvalue weighted by molar-refractivity contribution is 7.92. The van der Waals surface area contributed by atoms with Crippen LogP contribution < -0.4 is 10.0 Å². The molecule has 9 heteroatoms. The second-order valence-corrected chi connectivity index (χ2v) is 9.23. The van der Waals surface area contributed by atoms with Crippen LogP contribution in [0.3, 0.4) is 0 Å². The zero-order valence-corrected chi connectivity index (χ0v) is 14.7. The molecule has 0 aromatic heterocycles. The van der Waals surface area contributed by atoms with E-state index in [0.29, 0.717) is 6.54 Å². The predicted octanol–water partition coefficient (Wildman–Crippen LogP) is 0.135. The Kier molecular flexibility index (Phi) is 5.58. The van der Waals surface area contributed by atoms with E-state index in [2.05, 4.69) is 10.0 Å². The van der Waals surface area contributed by atoms with Gasteiger partial charge in [-0.3, -0.25) is 0 Å². The van der Waals surface area contributed by atoms with Gasteiger partial charge < -0.3 is 5.32 Å². The molecule has 0 saturated heterocycles. The van der Waals surface area contributed by atoms with E-state index in [1.54, 1.807) is 0 Å². The Morgan fingerprint density at radius 2 is 1.78 bits per heavy atom. The van der Waals surface area contributed by atoms with Crippen molar-refractivity contribution in [1.29, 1.82) is 0 Å². The molecule has 0 aliphatic carbocycles. The van der Waals surface area contributed by atoms with E-state index in [1.165, 1.54) is 38.4 Å². The average molecular weight is 359 g/mol. The third kappa shape index (κ3) is 4.18. The third-order valence-electron chi connectivity index (χ3n) is 3.54. The summed E-state index contributed by atoms with van der Waals surface area (Å²) in [5, 5.41) is 3.15. The van der Waals surface area contributed by atoms with Crippen molar-refractivity contribution in [1.82, 2.24) is 14.3 Å². The molecule has 1 aliphatic heterocycles. The lowest BCUT2D eigenvalue weighted by atomic mass is 10.1. The maximum atomic E-state index is 12.5. The molecule has 0 atom stereocenters. The summed E-state index contributed by atoms with van der Waals surface area (Å²) in [5.41, 5.74) is 0.986. The topological polar surface area (TPSA) is 95.6 Å². The Morgan fingerprint density at radius 3 is 2.35 bits per heavy atom. The van der Waals surface area contributed by atoms with Gasteiger partial charge in [-0.1, -0.05) is 23.8 Å². The van der Waals surface area contributed by atoms with Crippen LogP contribution in [0.25, 0.3) is 0 Å². The smallest absolute Gasteiger partial charge is 0.243 e. The fraction of sp³-hybridized carbons (Fsp3) is 0.429. The molecule has 1 heterocycles. The lowest BCUT2D eigenvalue weighted by Gasteiger charge is -2.17. The molecule has 0 spiro atoms. The summed E-state index contributed by atoms with van der Waals surface area (Å²) in [6.07, 6.45) is 2.70. The molecule has 0 fully saturated rings. The van der Waals surface area contributed by atoms with Crippen LogP contribution in [0.2, 0.25) is 0 Å². The van der Waals surface area contributed by atoms with Crippen LogP contribution in [0.4, 0.5) is 0 Å². The van der Waals surface area contributed by atoms with Crippen molar-refractivity contribution < 1.29 is 16.8 Å². The maximum absolute atomic E-state index is 12.5. The SMILES string of the molecule is CN(C)S(=O)(=O)c1ccccc1S(=O)(=O)NCC1=CCNCC1. The van der Waals surface area contributed by atoms with Crippen molar-refractivity contribution in [3.05, 3.63) is 35.9 Å². The van der Waals surface area contributed by atoms with E-state index in [4.69, 9.17) is 0 Å². The molecule has 0 amide bonds. The van der Waals surface area contributed by atoms with Gasteiger partial charge in [0.05, 0.1) is 0 Å². The molecule has 2 rings (SSSR count). The molecule has 2 N–H and O–H groups in total. The van der Waals surface area contributed by atoms with Gasteiger partial charge in [-0.25, -0.2) is 25.9 Å². The summed E-state index contributed by atoms with van der Waals surface area (Å²) in [6, 6.07) is 5.61. The van der Waals surface area contributed by atoms with E-state index in [0.717, 1.165) is 22.8 Å². The summed E-state index contributed by atoms with van der Waals surface area (Å²) in [6.45, 7) is 1.70. The highest BCUT2D eigenvalue weighted by Gasteiger charge is 2.27. The van der Waals surface area contributed by atoms with Crippen LogP contribution in [0.1, 0.15) is 6.42 Å². The molecule has 1 aliphatic rings. The van der Waals surface area contributed by atoms with Crippen LogP contribution in [0, 0.1) is 0 Å². The zero-order chi connectivity index (χ0) is 17.1. The normalized spacial score (nSPS) is 16.4. The van der Waals surface area contributed by atoms with Crippen LogP contribution in [0.5, 0.6) is 0 Å². The van der Waals surface area contributed by atoms with Gasteiger partial charge in [-0.2, -0.15) is 0 Å². The van der Waals surface area contributed by atoms with Gasteiger partial charge in [0, 0.05) is 27.2 Å². The molecule has 128 valence electrons. The van der Waals surface area contributed by atoms with Gasteiger partial charge in [-0.05, 0) is 25.1 Å². The lowest BCUT2D eigenvalue weighted by molar-refractivity contribution is 0.516. The summed E-state index contributed by atoms with van der Waals surface area (Å²) in [4.78, 5) is -0.458. The number of hydrogen-bond donors (Lipinski definition) is 2. The highest BCUT2D eigenvalue weighted by Crippen LogP contribution is 2.22. The van der Waals surface area contributed by atoms with Gasteiger partial charge >= 0.3 is 0 Å². The van der Waals surface area contributed by atoms with Gasteiger partial charge in [0.15, 0.2) is 0 Å². The molecule has 23 heavy (non-hydrogen) atoms. The molecule has 1 aromatic carbocycles. The molecule has 7 nitrogen and oxygen atoms in total. The molecular weight excluding hydrogens is 338 g/mol. The fourth-order valence-electron chi connectivity index (χ4n) is 2.18. The van der Waals surface area contributed by atoms with Crippen LogP contribution in [0.15, 0.2) is 45.7 Å². The quantitative estimate of drug-likeness (QED) is 0.704. The summed E-state index contributed by atoms with van der Waals surface area (Å²) >= 11 is 0. The lowest BCUT2D eigenvalue weighted by Crippen LogP contribution is -2.31. The maximum Gasteiger partial charge on any atom is 0.243 e. The first-order valence-corrected chi connectivity index (χ1v) is 10.1. The Morgan fingerprint density at radius 1 is 1.13 bits per heavy atom. The van der Waals surface area contributed by atoms with Crippen molar-refractivity contribution >= 4 is 20.0 Å². The average Bonchev–Trinajstić information content (AvgIpc) is 2.54. The Balaban J connectivity index is 2.32. The molecule has 0 saturated carbocycles. The second kappa shape index (κ2) is 7.10. The molecule has 0 radical (unpaired) electrons. The first-order chi connectivity index (χ1) is 10.7. The minimum atomic E-state index is -3.92. The van der Waals surface area contributed by atoms with Gasteiger partial charge in [0.25, 0.3) is 0 Å². The monoisotopic (exact) mass is 359 g/mol.